The van der Waals surface area contributed by atoms with Crippen molar-refractivity contribution in [2.24, 2.45) is 0 Å². The summed E-state index contributed by atoms with van der Waals surface area (Å²) >= 11 is 0. The van der Waals surface area contributed by atoms with E-state index < -0.39 is 0 Å². The molecule has 2 aromatic rings. The minimum Gasteiger partial charge on any atom is -0.0654 e. The van der Waals surface area contributed by atoms with E-state index in [4.69, 9.17) is 0 Å². The van der Waals surface area contributed by atoms with Crippen LogP contribution in [0.4, 0.5) is 0 Å². The van der Waals surface area contributed by atoms with E-state index in [1.165, 1.54) is 114 Å². The number of unbranched alkanes of at least 4 members (excludes halogenated alkanes) is 12. The summed E-state index contributed by atoms with van der Waals surface area (Å²) in [6, 6.07) is 13.8. The van der Waals surface area contributed by atoms with Crippen molar-refractivity contribution >= 4 is 62.2 Å². The van der Waals surface area contributed by atoms with Gasteiger partial charge in [0.05, 0.1) is 0 Å². The molecule has 2 aromatic carbocycles. The van der Waals surface area contributed by atoms with Gasteiger partial charge in [-0.05, 0) is 47.6 Å². The Bertz CT molecular complexity index is 646. The van der Waals surface area contributed by atoms with Crippen molar-refractivity contribution in [2.75, 3.05) is 0 Å². The average Bonchev–Trinajstić information content (AvgIpc) is 2.73. The molecular weight excluding hydrogens is 375 g/mol. The van der Waals surface area contributed by atoms with Gasteiger partial charge in [-0.1, -0.05) is 127 Å². The minimum absolute atomic E-state index is 0. The number of rotatable bonds is 16. The van der Waals surface area contributed by atoms with Gasteiger partial charge in [0.1, 0.15) is 0 Å². The van der Waals surface area contributed by atoms with Gasteiger partial charge in [0.2, 0.25) is 0 Å². The summed E-state index contributed by atoms with van der Waals surface area (Å²) in [5, 5.41) is 2.93. The quantitative estimate of drug-likeness (QED) is 0.188. The predicted molar refractivity (Wildman–Crippen MR) is 133 cm³/mol. The predicted octanol–water partition coefficient (Wildman–Crippen LogP) is 9.05. The second-order valence-corrected chi connectivity index (χ2v) is 8.67. The Hall–Kier alpha value is 0.336. The molecule has 157 valence electrons. The van der Waals surface area contributed by atoms with Crippen LogP contribution in [0.25, 0.3) is 10.8 Å². The van der Waals surface area contributed by atoms with Crippen LogP contribution >= 0.6 is 0 Å². The summed E-state index contributed by atoms with van der Waals surface area (Å²) in [4.78, 5) is 0. The van der Waals surface area contributed by atoms with Gasteiger partial charge in [-0.25, -0.2) is 0 Å². The van der Waals surface area contributed by atoms with Gasteiger partial charge in [-0.2, -0.15) is 0 Å². The van der Waals surface area contributed by atoms with E-state index in [1.807, 2.05) is 0 Å². The number of hydrogen-bond donors (Lipinski definition) is 0. The topological polar surface area (TPSA) is 0 Å². The Labute approximate surface area is 224 Å². The molecule has 0 heterocycles. The average molecular weight is 420 g/mol. The SMILES string of the molecule is CCCCCCCCCc1ccc2ccccc2c1CCCCCCCCC.[K]. The molecule has 0 saturated carbocycles. The summed E-state index contributed by atoms with van der Waals surface area (Å²) in [7, 11) is 0. The molecule has 2 rings (SSSR count). The molecule has 0 saturated heterocycles. The van der Waals surface area contributed by atoms with E-state index in [0.29, 0.717) is 0 Å². The van der Waals surface area contributed by atoms with Gasteiger partial charge in [-0.3, -0.25) is 0 Å². The number of hydrogen-bond acceptors (Lipinski definition) is 0. The van der Waals surface area contributed by atoms with E-state index in [-0.39, 0.29) is 51.4 Å². The molecule has 0 fully saturated rings. The summed E-state index contributed by atoms with van der Waals surface area (Å²) in [5.41, 5.74) is 3.27. The van der Waals surface area contributed by atoms with Crippen LogP contribution in [0.3, 0.4) is 0 Å². The van der Waals surface area contributed by atoms with Crippen molar-refractivity contribution in [2.45, 2.75) is 117 Å². The van der Waals surface area contributed by atoms with Crippen LogP contribution in [0, 0.1) is 0 Å². The zero-order valence-electron chi connectivity index (χ0n) is 19.8. The first-order valence-electron chi connectivity index (χ1n) is 12.4. The maximum Gasteiger partial charge on any atom is 0 e. The molecule has 0 spiro atoms. The van der Waals surface area contributed by atoms with Gasteiger partial charge in [-0.15, -0.1) is 0 Å². The third-order valence-corrected chi connectivity index (χ3v) is 6.22. The van der Waals surface area contributed by atoms with Crippen LogP contribution in [0.1, 0.15) is 115 Å². The Balaban J connectivity index is 0.00000420. The summed E-state index contributed by atoms with van der Waals surface area (Å²) < 4.78 is 0. The maximum atomic E-state index is 2.43. The summed E-state index contributed by atoms with van der Waals surface area (Å²) in [6.45, 7) is 4.60. The van der Waals surface area contributed by atoms with Crippen LogP contribution < -0.4 is 0 Å². The second kappa shape index (κ2) is 18.0. The van der Waals surface area contributed by atoms with Gasteiger partial charge in [0.25, 0.3) is 0 Å². The van der Waals surface area contributed by atoms with Crippen molar-refractivity contribution in [3.05, 3.63) is 47.5 Å². The van der Waals surface area contributed by atoms with Crippen LogP contribution in [-0.4, -0.2) is 51.4 Å². The number of benzene rings is 2. The maximum absolute atomic E-state index is 2.43. The fourth-order valence-electron chi connectivity index (χ4n) is 4.44. The fraction of sp³-hybridized carbons (Fsp3) is 0.643. The molecule has 0 aliphatic carbocycles. The van der Waals surface area contributed by atoms with Crippen molar-refractivity contribution < 1.29 is 0 Å². The van der Waals surface area contributed by atoms with Crippen LogP contribution in [0.5, 0.6) is 0 Å². The molecule has 0 aliphatic rings. The fourth-order valence-corrected chi connectivity index (χ4v) is 4.44. The Morgan fingerprint density at radius 1 is 0.517 bits per heavy atom. The standard InChI is InChI=1S/C28H44.K/c1-3-5-7-9-11-13-15-19-25-23-24-26-20-17-18-22-28(26)27(25)21-16-14-12-10-8-6-4-2;/h17-18,20,22-24H,3-16,19,21H2,1-2H3;. The number of fused-ring (bicyclic) bond motifs is 1. The zero-order valence-corrected chi connectivity index (χ0v) is 22.9. The van der Waals surface area contributed by atoms with Gasteiger partial charge in [0.15, 0.2) is 0 Å². The minimum atomic E-state index is 0. The van der Waals surface area contributed by atoms with E-state index in [9.17, 15) is 0 Å². The molecule has 0 N–H and O–H groups in total. The van der Waals surface area contributed by atoms with Crippen LogP contribution in [0.2, 0.25) is 0 Å². The molecule has 1 radical (unpaired) electrons. The molecule has 0 aromatic heterocycles. The number of aryl methyl sites for hydroxylation is 2. The van der Waals surface area contributed by atoms with Crippen molar-refractivity contribution in [3.8, 4) is 0 Å². The largest absolute Gasteiger partial charge is 0.0654 e. The van der Waals surface area contributed by atoms with E-state index in [0.717, 1.165) is 0 Å². The summed E-state index contributed by atoms with van der Waals surface area (Å²) in [6.07, 6.45) is 22.1. The van der Waals surface area contributed by atoms with Crippen molar-refractivity contribution in [3.63, 3.8) is 0 Å². The third kappa shape index (κ3) is 11.0. The zero-order chi connectivity index (χ0) is 19.9. The molecule has 0 atom stereocenters. The molecule has 0 bridgehead atoms. The monoisotopic (exact) mass is 419 g/mol. The van der Waals surface area contributed by atoms with E-state index in [1.54, 1.807) is 11.1 Å². The third-order valence-electron chi connectivity index (χ3n) is 6.22. The van der Waals surface area contributed by atoms with Gasteiger partial charge in [0, 0.05) is 51.4 Å². The Kier molecular flexibility index (Phi) is 17.0. The molecular formula is C28H44K. The normalized spacial score (nSPS) is 11.0. The molecule has 0 amide bonds. The molecule has 1 heteroatoms. The van der Waals surface area contributed by atoms with Crippen LogP contribution in [0.15, 0.2) is 36.4 Å². The Morgan fingerprint density at radius 2 is 1.03 bits per heavy atom. The van der Waals surface area contributed by atoms with Crippen molar-refractivity contribution in [1.82, 2.24) is 0 Å². The summed E-state index contributed by atoms with van der Waals surface area (Å²) in [5.74, 6) is 0. The van der Waals surface area contributed by atoms with Gasteiger partial charge < -0.3 is 0 Å². The first kappa shape index (κ1) is 27.4. The van der Waals surface area contributed by atoms with Crippen LogP contribution in [-0.2, 0) is 12.8 Å². The van der Waals surface area contributed by atoms with E-state index in [2.05, 4.69) is 50.2 Å². The smallest absolute Gasteiger partial charge is 0 e. The second-order valence-electron chi connectivity index (χ2n) is 8.67. The van der Waals surface area contributed by atoms with Gasteiger partial charge >= 0.3 is 0 Å². The van der Waals surface area contributed by atoms with Crippen molar-refractivity contribution in [1.29, 1.82) is 0 Å². The molecule has 0 aliphatic heterocycles. The first-order valence-corrected chi connectivity index (χ1v) is 12.4. The molecule has 29 heavy (non-hydrogen) atoms. The molecule has 0 unspecified atom stereocenters. The Morgan fingerprint density at radius 3 is 1.66 bits per heavy atom. The van der Waals surface area contributed by atoms with E-state index >= 15 is 0 Å². The first-order chi connectivity index (χ1) is 13.9. The molecule has 0 nitrogen and oxygen atoms in total.